The van der Waals surface area contributed by atoms with Gasteiger partial charge in [0.25, 0.3) is 0 Å². The molecule has 3 aromatic rings. The Bertz CT molecular complexity index is 833. The first-order valence-electron chi connectivity index (χ1n) is 9.05. The van der Waals surface area contributed by atoms with Crippen molar-refractivity contribution >= 4 is 0 Å². The minimum Gasteiger partial charge on any atom is -0.489 e. The number of rotatable bonds is 7. The van der Waals surface area contributed by atoms with Crippen LogP contribution in [0.4, 0.5) is 0 Å². The monoisotopic (exact) mass is 349 g/mol. The molecule has 1 aromatic carbocycles. The molecule has 1 aliphatic heterocycles. The third-order valence-corrected chi connectivity index (χ3v) is 4.77. The minimum atomic E-state index is 0.532. The number of nitrogens with zero attached hydrogens (tertiary/aromatic N) is 4. The van der Waals surface area contributed by atoms with E-state index in [2.05, 4.69) is 37.2 Å². The van der Waals surface area contributed by atoms with Gasteiger partial charge in [-0.3, -0.25) is 4.98 Å². The van der Waals surface area contributed by atoms with Gasteiger partial charge in [-0.25, -0.2) is 0 Å². The van der Waals surface area contributed by atoms with E-state index in [0.29, 0.717) is 12.5 Å². The number of benzene rings is 1. The van der Waals surface area contributed by atoms with Gasteiger partial charge < -0.3 is 14.6 Å². The number of aromatic nitrogens is 4. The predicted molar refractivity (Wildman–Crippen MR) is 98.6 cm³/mol. The number of ether oxygens (including phenoxy) is 1. The molecule has 0 amide bonds. The first-order chi connectivity index (χ1) is 12.9. The molecule has 4 rings (SSSR count). The molecule has 1 aliphatic rings. The van der Waals surface area contributed by atoms with Crippen LogP contribution in [0.3, 0.4) is 0 Å². The molecule has 26 heavy (non-hydrogen) atoms. The molecule has 2 aromatic heterocycles. The average Bonchev–Trinajstić information content (AvgIpc) is 3.16. The lowest BCUT2D eigenvalue weighted by Crippen LogP contribution is -2.29. The summed E-state index contributed by atoms with van der Waals surface area (Å²) >= 11 is 0. The van der Waals surface area contributed by atoms with Crippen molar-refractivity contribution in [1.29, 1.82) is 0 Å². The van der Waals surface area contributed by atoms with Crippen LogP contribution in [0.25, 0.3) is 0 Å². The average molecular weight is 349 g/mol. The molecule has 1 N–H and O–H groups in total. The summed E-state index contributed by atoms with van der Waals surface area (Å²) in [5.41, 5.74) is 2.25. The Morgan fingerprint density at radius 3 is 3.08 bits per heavy atom. The van der Waals surface area contributed by atoms with Gasteiger partial charge >= 0.3 is 0 Å². The van der Waals surface area contributed by atoms with Crippen LogP contribution in [0.15, 0.2) is 55.1 Å². The van der Waals surface area contributed by atoms with E-state index in [0.717, 1.165) is 49.6 Å². The molecule has 1 atom stereocenters. The van der Waals surface area contributed by atoms with Gasteiger partial charge in [-0.2, -0.15) is 0 Å². The molecule has 0 saturated heterocycles. The highest BCUT2D eigenvalue weighted by Crippen LogP contribution is 2.20. The van der Waals surface area contributed by atoms with Crippen LogP contribution < -0.4 is 10.1 Å². The number of hydrogen-bond acceptors (Lipinski definition) is 5. The molecule has 0 radical (unpaired) electrons. The second-order valence-electron chi connectivity index (χ2n) is 6.69. The molecule has 0 aliphatic carbocycles. The summed E-state index contributed by atoms with van der Waals surface area (Å²) < 4.78 is 8.17. The molecular weight excluding hydrogens is 326 g/mol. The number of hydrogen-bond donors (Lipinski definition) is 1. The van der Waals surface area contributed by atoms with Crippen LogP contribution in [-0.4, -0.2) is 26.3 Å². The van der Waals surface area contributed by atoms with Gasteiger partial charge in [-0.05, 0) is 31.0 Å². The van der Waals surface area contributed by atoms with Gasteiger partial charge in [0.2, 0.25) is 0 Å². The lowest BCUT2D eigenvalue weighted by molar-refractivity contribution is 0.300. The van der Waals surface area contributed by atoms with Gasteiger partial charge in [0.05, 0.1) is 0 Å². The highest BCUT2D eigenvalue weighted by molar-refractivity contribution is 5.33. The van der Waals surface area contributed by atoms with Crippen molar-refractivity contribution < 1.29 is 4.74 Å². The van der Waals surface area contributed by atoms with Crippen LogP contribution in [0.5, 0.6) is 5.75 Å². The zero-order chi connectivity index (χ0) is 17.6. The number of pyridine rings is 1. The van der Waals surface area contributed by atoms with Crippen molar-refractivity contribution in [3.63, 3.8) is 0 Å². The summed E-state index contributed by atoms with van der Waals surface area (Å²) in [5, 5.41) is 11.7. The van der Waals surface area contributed by atoms with E-state index in [9.17, 15) is 0 Å². The first kappa shape index (κ1) is 16.7. The maximum absolute atomic E-state index is 6.00. The molecule has 134 valence electrons. The second kappa shape index (κ2) is 8.10. The highest BCUT2D eigenvalue weighted by atomic mass is 16.5. The van der Waals surface area contributed by atoms with Crippen LogP contribution >= 0.6 is 0 Å². The summed E-state index contributed by atoms with van der Waals surface area (Å²) in [7, 11) is 0. The molecule has 0 fully saturated rings. The Labute approximate surface area is 153 Å². The maximum atomic E-state index is 6.00. The third-order valence-electron chi connectivity index (χ3n) is 4.77. The van der Waals surface area contributed by atoms with Crippen LogP contribution in [0.2, 0.25) is 0 Å². The zero-order valence-electron chi connectivity index (χ0n) is 14.7. The molecule has 0 bridgehead atoms. The van der Waals surface area contributed by atoms with Crippen molar-refractivity contribution in [2.75, 3.05) is 6.54 Å². The van der Waals surface area contributed by atoms with Crippen molar-refractivity contribution in [3.05, 3.63) is 72.1 Å². The van der Waals surface area contributed by atoms with Gasteiger partial charge in [0.15, 0.2) is 0 Å². The zero-order valence-corrected chi connectivity index (χ0v) is 14.7. The molecule has 1 unspecified atom stereocenters. The van der Waals surface area contributed by atoms with Gasteiger partial charge in [0, 0.05) is 43.0 Å². The summed E-state index contributed by atoms with van der Waals surface area (Å²) in [5.74, 6) is 2.64. The van der Waals surface area contributed by atoms with E-state index in [1.54, 1.807) is 6.20 Å². The SMILES string of the molecule is c1cncc(COc2ccccc2CNCC2CCc3nncn3C2)c1. The molecular formula is C20H23N5O. The quantitative estimate of drug-likeness (QED) is 0.710. The smallest absolute Gasteiger partial charge is 0.132 e. The fourth-order valence-electron chi connectivity index (χ4n) is 3.34. The van der Waals surface area contributed by atoms with Crippen molar-refractivity contribution in [3.8, 4) is 5.75 Å². The highest BCUT2D eigenvalue weighted by Gasteiger charge is 2.19. The molecule has 6 nitrogen and oxygen atoms in total. The van der Waals surface area contributed by atoms with Gasteiger partial charge in [-0.15, -0.1) is 10.2 Å². The van der Waals surface area contributed by atoms with Crippen LogP contribution in [0, 0.1) is 5.92 Å². The number of nitrogens with one attached hydrogen (secondary N) is 1. The third kappa shape index (κ3) is 4.08. The summed E-state index contributed by atoms with van der Waals surface area (Å²) in [6.45, 7) is 3.31. The topological polar surface area (TPSA) is 64.9 Å². The number of aryl methyl sites for hydroxylation is 1. The molecule has 3 heterocycles. The van der Waals surface area contributed by atoms with Crippen molar-refractivity contribution in [1.82, 2.24) is 25.1 Å². The van der Waals surface area contributed by atoms with Gasteiger partial charge in [0.1, 0.15) is 24.5 Å². The fourth-order valence-corrected chi connectivity index (χ4v) is 3.34. The standard InChI is InChI=1S/C20H23N5O/c1-2-6-19(26-14-17-4-3-9-21-11-17)18(5-1)12-22-10-16-7-8-20-24-23-15-25(20)13-16/h1-6,9,11,15-16,22H,7-8,10,12-14H2. The Kier molecular flexibility index (Phi) is 5.21. The first-order valence-corrected chi connectivity index (χ1v) is 9.05. The van der Waals surface area contributed by atoms with Crippen molar-refractivity contribution in [2.45, 2.75) is 32.5 Å². The lowest BCUT2D eigenvalue weighted by Gasteiger charge is -2.23. The molecule has 0 saturated carbocycles. The maximum Gasteiger partial charge on any atom is 0.132 e. The summed E-state index contributed by atoms with van der Waals surface area (Å²) in [4.78, 5) is 4.13. The molecule has 6 heteroatoms. The van der Waals surface area contributed by atoms with E-state index in [1.807, 2.05) is 36.8 Å². The second-order valence-corrected chi connectivity index (χ2v) is 6.69. The summed E-state index contributed by atoms with van der Waals surface area (Å²) in [6.07, 6.45) is 7.61. The van der Waals surface area contributed by atoms with Crippen LogP contribution in [0.1, 0.15) is 23.4 Å². The Balaban J connectivity index is 1.30. The Morgan fingerprint density at radius 2 is 2.15 bits per heavy atom. The van der Waals surface area contributed by atoms with E-state index in [4.69, 9.17) is 4.74 Å². The lowest BCUT2D eigenvalue weighted by atomic mass is 9.99. The predicted octanol–water partition coefficient (Wildman–Crippen LogP) is 2.60. The van der Waals surface area contributed by atoms with E-state index in [-0.39, 0.29) is 0 Å². The molecule has 0 spiro atoms. The number of para-hydroxylation sites is 1. The van der Waals surface area contributed by atoms with Crippen molar-refractivity contribution in [2.24, 2.45) is 5.92 Å². The largest absolute Gasteiger partial charge is 0.489 e. The van der Waals surface area contributed by atoms with E-state index in [1.165, 1.54) is 5.56 Å². The Hall–Kier alpha value is -2.73. The Morgan fingerprint density at radius 1 is 1.19 bits per heavy atom. The van der Waals surface area contributed by atoms with Crippen LogP contribution in [-0.2, 0) is 26.1 Å². The van der Waals surface area contributed by atoms with E-state index < -0.39 is 0 Å². The normalized spacial score (nSPS) is 16.2. The minimum absolute atomic E-state index is 0.532. The van der Waals surface area contributed by atoms with Gasteiger partial charge in [-0.1, -0.05) is 24.3 Å². The fraction of sp³-hybridized carbons (Fsp3) is 0.350. The summed E-state index contributed by atoms with van der Waals surface area (Å²) in [6, 6.07) is 12.2. The van der Waals surface area contributed by atoms with E-state index >= 15 is 0 Å². The number of fused-ring (bicyclic) bond motifs is 1.